The molecule has 2 N–H and O–H groups in total. The van der Waals surface area contributed by atoms with Crippen molar-refractivity contribution in [2.45, 2.75) is 6.61 Å². The fourth-order valence-electron chi connectivity index (χ4n) is 4.80. The van der Waals surface area contributed by atoms with Crippen LogP contribution in [0, 0.1) is 0 Å². The van der Waals surface area contributed by atoms with Crippen molar-refractivity contribution in [1.82, 2.24) is 24.6 Å². The zero-order valence-electron chi connectivity index (χ0n) is 22.2. The molecule has 12 heteroatoms. The monoisotopic (exact) mass is 538 g/mol. The summed E-state index contributed by atoms with van der Waals surface area (Å²) >= 11 is 0. The first-order chi connectivity index (χ1) is 18.9. The SMILES string of the molecule is CNc1cc(Nc2cc(-c3ccc4c(cnn4C)c3)ncn2)c(OC(F)F)cc1N1CCN(CCOC)CC1. The lowest BCUT2D eigenvalue weighted by atomic mass is 10.1. The molecular formula is C27H32F2N8O2. The molecule has 2 aromatic heterocycles. The number of alkyl halides is 2. The van der Waals surface area contributed by atoms with Crippen LogP contribution in [0.25, 0.3) is 22.2 Å². The second kappa shape index (κ2) is 11.8. The molecule has 2 aromatic carbocycles. The van der Waals surface area contributed by atoms with Gasteiger partial charge in [0.1, 0.15) is 12.1 Å². The predicted molar refractivity (Wildman–Crippen MR) is 148 cm³/mol. The lowest BCUT2D eigenvalue weighted by Gasteiger charge is -2.37. The fraction of sp³-hybridized carbons (Fsp3) is 0.370. The van der Waals surface area contributed by atoms with Crippen molar-refractivity contribution in [2.24, 2.45) is 7.05 Å². The van der Waals surface area contributed by atoms with Crippen LogP contribution in [0.2, 0.25) is 0 Å². The van der Waals surface area contributed by atoms with Gasteiger partial charge in [-0.2, -0.15) is 13.9 Å². The summed E-state index contributed by atoms with van der Waals surface area (Å²) in [5.74, 6) is 0.490. The van der Waals surface area contributed by atoms with Gasteiger partial charge in [-0.25, -0.2) is 9.97 Å². The Morgan fingerprint density at radius 3 is 2.59 bits per heavy atom. The summed E-state index contributed by atoms with van der Waals surface area (Å²) in [6.45, 7) is 1.79. The summed E-state index contributed by atoms with van der Waals surface area (Å²) in [5, 5.41) is 11.6. The van der Waals surface area contributed by atoms with Crippen LogP contribution in [-0.4, -0.2) is 84.7 Å². The maximum atomic E-state index is 13.4. The van der Waals surface area contributed by atoms with Gasteiger partial charge < -0.3 is 25.0 Å². The topological polar surface area (TPSA) is 92.6 Å². The molecule has 5 rings (SSSR count). The van der Waals surface area contributed by atoms with Gasteiger partial charge in [-0.1, -0.05) is 6.07 Å². The number of rotatable bonds is 10. The first-order valence-electron chi connectivity index (χ1n) is 12.7. The number of nitrogens with zero attached hydrogens (tertiary/aromatic N) is 6. The molecule has 10 nitrogen and oxygen atoms in total. The van der Waals surface area contributed by atoms with E-state index in [1.165, 1.54) is 6.33 Å². The van der Waals surface area contributed by atoms with Crippen molar-refractivity contribution in [1.29, 1.82) is 0 Å². The van der Waals surface area contributed by atoms with E-state index in [1.807, 2.05) is 32.3 Å². The Balaban J connectivity index is 1.41. The summed E-state index contributed by atoms with van der Waals surface area (Å²) in [6, 6.07) is 11.1. The minimum Gasteiger partial charge on any atom is -0.433 e. The number of anilines is 4. The second-order valence-electron chi connectivity index (χ2n) is 9.27. The lowest BCUT2D eigenvalue weighted by Crippen LogP contribution is -2.47. The highest BCUT2D eigenvalue weighted by molar-refractivity contribution is 5.85. The molecule has 4 aromatic rings. The number of benzene rings is 2. The number of aromatic nitrogens is 4. The standard InChI is InChI=1S/C27H32F2N8O2/c1-30-21-13-22(25(39-27(28)29)15-24(21)37-8-6-36(7-9-37)10-11-38-3)34-26-14-20(31-17-32-26)18-4-5-23-19(12-18)16-33-35(23)2/h4-5,12-17,27,30H,6-11H2,1-3H3,(H,31,32,34). The summed E-state index contributed by atoms with van der Waals surface area (Å²) in [7, 11) is 5.39. The molecule has 3 heterocycles. The van der Waals surface area contributed by atoms with Crippen LogP contribution >= 0.6 is 0 Å². The molecule has 1 fully saturated rings. The van der Waals surface area contributed by atoms with Crippen LogP contribution in [0.15, 0.2) is 48.9 Å². The maximum absolute atomic E-state index is 13.4. The van der Waals surface area contributed by atoms with Crippen molar-refractivity contribution < 1.29 is 18.3 Å². The van der Waals surface area contributed by atoms with Gasteiger partial charge in [0.15, 0.2) is 5.75 Å². The highest BCUT2D eigenvalue weighted by Gasteiger charge is 2.22. The van der Waals surface area contributed by atoms with E-state index in [-0.39, 0.29) is 5.75 Å². The minimum absolute atomic E-state index is 0.0396. The number of methoxy groups -OCH3 is 1. The molecule has 0 saturated carbocycles. The number of halogens is 2. The highest BCUT2D eigenvalue weighted by Crippen LogP contribution is 2.39. The zero-order chi connectivity index (χ0) is 27.4. The van der Waals surface area contributed by atoms with Gasteiger partial charge in [-0.15, -0.1) is 0 Å². The molecule has 0 unspecified atom stereocenters. The van der Waals surface area contributed by atoms with Crippen LogP contribution in [0.3, 0.4) is 0 Å². The van der Waals surface area contributed by atoms with Gasteiger partial charge in [0.05, 0.1) is 41.1 Å². The number of aryl methyl sites for hydroxylation is 1. The average molecular weight is 539 g/mol. The van der Waals surface area contributed by atoms with Gasteiger partial charge in [-0.3, -0.25) is 9.58 Å². The molecule has 0 spiro atoms. The fourth-order valence-corrected chi connectivity index (χ4v) is 4.80. The van der Waals surface area contributed by atoms with Crippen molar-refractivity contribution in [3.63, 3.8) is 0 Å². The Hall–Kier alpha value is -4.03. The Morgan fingerprint density at radius 2 is 1.85 bits per heavy atom. The van der Waals surface area contributed by atoms with Gasteiger partial charge in [0.25, 0.3) is 0 Å². The number of nitrogens with one attached hydrogen (secondary N) is 2. The van der Waals surface area contributed by atoms with Crippen LogP contribution in [-0.2, 0) is 11.8 Å². The largest absolute Gasteiger partial charge is 0.433 e. The number of hydrogen-bond donors (Lipinski definition) is 2. The number of fused-ring (bicyclic) bond motifs is 1. The van der Waals surface area contributed by atoms with Crippen LogP contribution in [0.5, 0.6) is 5.75 Å². The van der Waals surface area contributed by atoms with Crippen molar-refractivity contribution >= 4 is 33.8 Å². The van der Waals surface area contributed by atoms with E-state index in [0.29, 0.717) is 23.8 Å². The van der Waals surface area contributed by atoms with Crippen molar-refractivity contribution in [2.75, 3.05) is 69.0 Å². The van der Waals surface area contributed by atoms with Crippen molar-refractivity contribution in [3.05, 3.63) is 48.9 Å². The van der Waals surface area contributed by atoms with E-state index in [0.717, 1.165) is 60.6 Å². The smallest absolute Gasteiger partial charge is 0.387 e. The van der Waals surface area contributed by atoms with E-state index < -0.39 is 6.61 Å². The van der Waals surface area contributed by atoms with Gasteiger partial charge in [0.2, 0.25) is 0 Å². The van der Waals surface area contributed by atoms with Crippen LogP contribution in [0.1, 0.15) is 0 Å². The number of hydrogen-bond acceptors (Lipinski definition) is 9. The van der Waals surface area contributed by atoms with E-state index in [4.69, 9.17) is 9.47 Å². The Morgan fingerprint density at radius 1 is 1.03 bits per heavy atom. The second-order valence-corrected chi connectivity index (χ2v) is 9.27. The van der Waals surface area contributed by atoms with E-state index in [1.54, 1.807) is 36.2 Å². The molecule has 0 amide bonds. The average Bonchev–Trinajstić information content (AvgIpc) is 3.32. The number of piperazine rings is 1. The third kappa shape index (κ3) is 6.02. The molecule has 1 aliphatic rings. The molecule has 0 radical (unpaired) electrons. The predicted octanol–water partition coefficient (Wildman–Crippen LogP) is 4.19. The molecule has 39 heavy (non-hydrogen) atoms. The molecule has 0 atom stereocenters. The normalized spacial score (nSPS) is 14.3. The summed E-state index contributed by atoms with van der Waals surface area (Å²) in [6.07, 6.45) is 3.24. The maximum Gasteiger partial charge on any atom is 0.387 e. The van der Waals surface area contributed by atoms with E-state index in [2.05, 4.69) is 35.5 Å². The minimum atomic E-state index is -2.98. The summed E-state index contributed by atoms with van der Waals surface area (Å²) < 4.78 is 38.9. The highest BCUT2D eigenvalue weighted by atomic mass is 19.3. The molecule has 1 aliphatic heterocycles. The zero-order valence-corrected chi connectivity index (χ0v) is 22.2. The Kier molecular flexibility index (Phi) is 8.03. The summed E-state index contributed by atoms with van der Waals surface area (Å²) in [4.78, 5) is 13.2. The first-order valence-corrected chi connectivity index (χ1v) is 12.7. The molecule has 0 bridgehead atoms. The number of ether oxygens (including phenoxy) is 2. The summed E-state index contributed by atoms with van der Waals surface area (Å²) in [5.41, 5.74) is 4.55. The molecular weight excluding hydrogens is 506 g/mol. The Bertz CT molecular complexity index is 1420. The quantitative estimate of drug-likeness (QED) is 0.308. The van der Waals surface area contributed by atoms with Crippen molar-refractivity contribution in [3.8, 4) is 17.0 Å². The van der Waals surface area contributed by atoms with Crippen LogP contribution in [0.4, 0.5) is 31.7 Å². The van der Waals surface area contributed by atoms with Gasteiger partial charge in [-0.05, 0) is 18.2 Å². The molecule has 0 aliphatic carbocycles. The Labute approximate surface area is 225 Å². The lowest BCUT2D eigenvalue weighted by molar-refractivity contribution is -0.0493. The van der Waals surface area contributed by atoms with Gasteiger partial charge in [0, 0.05) is 77.0 Å². The third-order valence-corrected chi connectivity index (χ3v) is 6.88. The third-order valence-electron chi connectivity index (χ3n) is 6.88. The molecule has 1 saturated heterocycles. The van der Waals surface area contributed by atoms with E-state index in [9.17, 15) is 8.78 Å². The first kappa shape index (κ1) is 26.6. The van der Waals surface area contributed by atoms with Gasteiger partial charge >= 0.3 is 6.61 Å². The van der Waals surface area contributed by atoms with Crippen LogP contribution < -0.4 is 20.3 Å². The van der Waals surface area contributed by atoms with E-state index >= 15 is 0 Å². The molecule has 206 valence electrons.